The number of carbonyl (C=O) groups excluding carboxylic acids is 1. The molecule has 1 fully saturated rings. The highest BCUT2D eigenvalue weighted by atomic mass is 19.4. The highest BCUT2D eigenvalue weighted by Crippen LogP contribution is 2.29. The first-order chi connectivity index (χ1) is 9.29. The Bertz CT molecular complexity index is 485. The molecule has 0 aromatic carbocycles. The van der Waals surface area contributed by atoms with Crippen LogP contribution in [0.2, 0.25) is 0 Å². The molecule has 1 aliphatic rings. The second-order valence-electron chi connectivity index (χ2n) is 5.05. The predicted octanol–water partition coefficient (Wildman–Crippen LogP) is 2.20. The fourth-order valence-corrected chi connectivity index (χ4v) is 2.21. The van der Waals surface area contributed by atoms with E-state index >= 15 is 0 Å². The first-order valence-electron chi connectivity index (χ1n) is 6.39. The van der Waals surface area contributed by atoms with Crippen LogP contribution in [0.15, 0.2) is 18.3 Å². The van der Waals surface area contributed by atoms with Gasteiger partial charge in [-0.3, -0.25) is 4.79 Å². The summed E-state index contributed by atoms with van der Waals surface area (Å²) in [6.07, 6.45) is -2.73. The lowest BCUT2D eigenvalue weighted by Gasteiger charge is -2.18. The van der Waals surface area contributed by atoms with Crippen LogP contribution in [0.5, 0.6) is 0 Å². The molecule has 110 valence electrons. The third kappa shape index (κ3) is 3.09. The number of hydrogen-bond donors (Lipinski definition) is 1. The van der Waals surface area contributed by atoms with Gasteiger partial charge in [0, 0.05) is 12.6 Å². The van der Waals surface area contributed by atoms with Crippen molar-refractivity contribution in [1.29, 1.82) is 0 Å². The molecule has 1 atom stereocenters. The number of carbonyl (C=O) groups is 1. The Morgan fingerprint density at radius 3 is 2.60 bits per heavy atom. The van der Waals surface area contributed by atoms with Gasteiger partial charge in [0.15, 0.2) is 0 Å². The van der Waals surface area contributed by atoms with Gasteiger partial charge in [-0.15, -0.1) is 0 Å². The maximum absolute atomic E-state index is 12.4. The number of nitrogens with zero attached hydrogens (tertiary/aromatic N) is 2. The predicted molar refractivity (Wildman–Crippen MR) is 68.3 cm³/mol. The van der Waals surface area contributed by atoms with E-state index < -0.39 is 11.9 Å². The molecule has 0 spiro atoms. The van der Waals surface area contributed by atoms with Crippen molar-refractivity contribution in [2.75, 3.05) is 11.4 Å². The maximum Gasteiger partial charge on any atom is 0.433 e. The zero-order chi connectivity index (χ0) is 14.9. The van der Waals surface area contributed by atoms with Gasteiger partial charge in [-0.2, -0.15) is 13.2 Å². The summed E-state index contributed by atoms with van der Waals surface area (Å²) < 4.78 is 37.3. The van der Waals surface area contributed by atoms with Crippen LogP contribution in [-0.4, -0.2) is 29.5 Å². The average Bonchev–Trinajstić information content (AvgIpc) is 2.69. The second kappa shape index (κ2) is 5.40. The molecule has 1 aromatic heterocycles. The number of nitrogens with one attached hydrogen (secondary N) is 1. The first kappa shape index (κ1) is 14.8. The van der Waals surface area contributed by atoms with Gasteiger partial charge in [0.2, 0.25) is 5.91 Å². The van der Waals surface area contributed by atoms with Crippen LogP contribution in [0, 0.1) is 0 Å². The number of pyridine rings is 1. The van der Waals surface area contributed by atoms with Gasteiger partial charge < -0.3 is 10.2 Å². The Labute approximate surface area is 115 Å². The lowest BCUT2D eigenvalue weighted by Crippen LogP contribution is -2.41. The van der Waals surface area contributed by atoms with E-state index in [1.807, 2.05) is 13.8 Å². The molecule has 20 heavy (non-hydrogen) atoms. The van der Waals surface area contributed by atoms with Crippen molar-refractivity contribution in [3.8, 4) is 0 Å². The topological polar surface area (TPSA) is 45.2 Å². The molecule has 4 nitrogen and oxygen atoms in total. The van der Waals surface area contributed by atoms with Crippen LogP contribution < -0.4 is 10.2 Å². The van der Waals surface area contributed by atoms with Gasteiger partial charge in [0.1, 0.15) is 5.69 Å². The fraction of sp³-hybridized carbons (Fsp3) is 0.538. The number of amides is 1. The van der Waals surface area contributed by atoms with Crippen molar-refractivity contribution in [3.05, 3.63) is 24.0 Å². The average molecular weight is 287 g/mol. The summed E-state index contributed by atoms with van der Waals surface area (Å²) in [5, 5.41) is 3.14. The standard InChI is InChI=1S/C13H16F3N3O/c1-8(2)18-10-5-6-19(12(10)20)9-3-4-11(17-7-9)13(14,15)16/h3-4,7-8,10,18H,5-6H2,1-2H3. The Balaban J connectivity index is 2.11. The minimum atomic E-state index is -4.46. The maximum atomic E-state index is 12.4. The van der Waals surface area contributed by atoms with Crippen LogP contribution in [0.25, 0.3) is 0 Å². The molecule has 1 saturated heterocycles. The Kier molecular flexibility index (Phi) is 3.99. The van der Waals surface area contributed by atoms with Crippen molar-refractivity contribution >= 4 is 11.6 Å². The Hall–Kier alpha value is -1.63. The zero-order valence-electron chi connectivity index (χ0n) is 11.2. The van der Waals surface area contributed by atoms with Crippen molar-refractivity contribution < 1.29 is 18.0 Å². The summed E-state index contributed by atoms with van der Waals surface area (Å²) in [4.78, 5) is 17.0. The zero-order valence-corrected chi connectivity index (χ0v) is 11.2. The van der Waals surface area contributed by atoms with Crippen LogP contribution in [0.4, 0.5) is 18.9 Å². The van der Waals surface area contributed by atoms with Gasteiger partial charge in [-0.1, -0.05) is 13.8 Å². The third-order valence-corrected chi connectivity index (χ3v) is 3.09. The molecule has 2 rings (SSSR count). The quantitative estimate of drug-likeness (QED) is 0.927. The van der Waals surface area contributed by atoms with E-state index in [4.69, 9.17) is 0 Å². The Morgan fingerprint density at radius 1 is 1.40 bits per heavy atom. The number of alkyl halides is 3. The van der Waals surface area contributed by atoms with E-state index in [9.17, 15) is 18.0 Å². The van der Waals surface area contributed by atoms with Crippen LogP contribution >= 0.6 is 0 Å². The summed E-state index contributed by atoms with van der Waals surface area (Å²) in [5.41, 5.74) is -0.555. The van der Waals surface area contributed by atoms with Crippen LogP contribution in [0.3, 0.4) is 0 Å². The largest absolute Gasteiger partial charge is 0.433 e. The van der Waals surface area contributed by atoms with Crippen molar-refractivity contribution in [3.63, 3.8) is 0 Å². The third-order valence-electron chi connectivity index (χ3n) is 3.09. The molecule has 1 unspecified atom stereocenters. The SMILES string of the molecule is CC(C)NC1CCN(c2ccc(C(F)(F)F)nc2)C1=O. The molecule has 0 radical (unpaired) electrons. The lowest BCUT2D eigenvalue weighted by atomic mass is 10.2. The first-order valence-corrected chi connectivity index (χ1v) is 6.39. The number of hydrogen-bond acceptors (Lipinski definition) is 3. The fourth-order valence-electron chi connectivity index (χ4n) is 2.21. The molecule has 0 aliphatic carbocycles. The highest BCUT2D eigenvalue weighted by molar-refractivity contribution is 5.99. The van der Waals surface area contributed by atoms with Gasteiger partial charge in [0.25, 0.3) is 0 Å². The number of rotatable bonds is 3. The van der Waals surface area contributed by atoms with E-state index in [2.05, 4.69) is 10.3 Å². The van der Waals surface area contributed by atoms with Crippen molar-refractivity contribution in [2.45, 2.75) is 38.5 Å². The summed E-state index contributed by atoms with van der Waals surface area (Å²) >= 11 is 0. The highest BCUT2D eigenvalue weighted by Gasteiger charge is 2.35. The molecule has 2 heterocycles. The second-order valence-corrected chi connectivity index (χ2v) is 5.05. The summed E-state index contributed by atoms with van der Waals surface area (Å²) in [5.74, 6) is -0.125. The van der Waals surface area contributed by atoms with E-state index in [0.717, 1.165) is 12.3 Å². The van der Waals surface area contributed by atoms with Crippen molar-refractivity contribution in [1.82, 2.24) is 10.3 Å². The number of anilines is 1. The van der Waals surface area contributed by atoms with Gasteiger partial charge >= 0.3 is 6.18 Å². The molecule has 0 saturated carbocycles. The number of aromatic nitrogens is 1. The number of halogens is 3. The molecular formula is C13H16F3N3O. The Morgan fingerprint density at radius 2 is 2.10 bits per heavy atom. The minimum Gasteiger partial charge on any atom is -0.309 e. The normalized spacial score (nSPS) is 20.0. The molecule has 1 aromatic rings. The smallest absolute Gasteiger partial charge is 0.309 e. The van der Waals surface area contributed by atoms with Gasteiger partial charge in [-0.05, 0) is 18.6 Å². The van der Waals surface area contributed by atoms with E-state index in [-0.39, 0.29) is 18.0 Å². The lowest BCUT2D eigenvalue weighted by molar-refractivity contribution is -0.141. The molecular weight excluding hydrogens is 271 g/mol. The molecule has 0 bridgehead atoms. The minimum absolute atomic E-state index is 0.125. The van der Waals surface area contributed by atoms with Gasteiger partial charge in [0.05, 0.1) is 17.9 Å². The summed E-state index contributed by atoms with van der Waals surface area (Å²) in [6, 6.07) is 2.07. The monoisotopic (exact) mass is 287 g/mol. The van der Waals surface area contributed by atoms with Crippen LogP contribution in [0.1, 0.15) is 26.0 Å². The molecule has 1 N–H and O–H groups in total. The summed E-state index contributed by atoms with van der Waals surface area (Å²) in [6.45, 7) is 4.36. The van der Waals surface area contributed by atoms with E-state index in [0.29, 0.717) is 18.7 Å². The molecule has 1 aliphatic heterocycles. The van der Waals surface area contributed by atoms with E-state index in [1.165, 1.54) is 11.0 Å². The van der Waals surface area contributed by atoms with E-state index in [1.54, 1.807) is 0 Å². The van der Waals surface area contributed by atoms with Crippen LogP contribution in [-0.2, 0) is 11.0 Å². The molecule has 1 amide bonds. The summed E-state index contributed by atoms with van der Waals surface area (Å²) in [7, 11) is 0. The van der Waals surface area contributed by atoms with Crippen molar-refractivity contribution in [2.24, 2.45) is 0 Å². The molecule has 7 heteroatoms. The van der Waals surface area contributed by atoms with Gasteiger partial charge in [-0.25, -0.2) is 4.98 Å².